The molecule has 0 aliphatic rings. The molecule has 0 unspecified atom stereocenters. The van der Waals surface area contributed by atoms with Crippen LogP contribution in [0.2, 0.25) is 0 Å². The quantitative estimate of drug-likeness (QED) is 0.425. The zero-order chi connectivity index (χ0) is 19.8. The molecule has 0 aliphatic heterocycles. The van der Waals surface area contributed by atoms with Gasteiger partial charge < -0.3 is 5.43 Å². The van der Waals surface area contributed by atoms with Crippen LogP contribution in [0.3, 0.4) is 0 Å². The third-order valence-electron chi connectivity index (χ3n) is 3.07. The van der Waals surface area contributed by atoms with Gasteiger partial charge in [-0.3, -0.25) is 10.2 Å². The predicted molar refractivity (Wildman–Crippen MR) is 81.1 cm³/mol. The number of rotatable bonds is 6. The Labute approximate surface area is 145 Å². The number of ketones is 1. The molecule has 0 atom stereocenters. The minimum Gasteiger partial charge on any atom is -0.303 e. The molecule has 142 valence electrons. The van der Waals surface area contributed by atoms with Crippen LogP contribution >= 0.6 is 11.3 Å². The van der Waals surface area contributed by atoms with Crippen molar-refractivity contribution in [2.24, 2.45) is 0 Å². The van der Waals surface area contributed by atoms with Crippen LogP contribution < -0.4 is 10.9 Å². The smallest absolute Gasteiger partial charge is 0.303 e. The van der Waals surface area contributed by atoms with E-state index in [4.69, 9.17) is 0 Å². The molecule has 0 saturated heterocycles. The molecule has 2 rings (SSSR count). The van der Waals surface area contributed by atoms with E-state index in [0.29, 0.717) is 5.52 Å². The average molecular weight is 401 g/mol. The fourth-order valence-corrected chi connectivity index (χ4v) is 2.55. The van der Waals surface area contributed by atoms with Crippen molar-refractivity contribution in [1.82, 2.24) is 10.4 Å². The van der Waals surface area contributed by atoms with Gasteiger partial charge in [-0.1, -0.05) is 23.5 Å². The van der Waals surface area contributed by atoms with Crippen LogP contribution in [-0.2, 0) is 4.79 Å². The standard InChI is InChI=1S/C14H10F7N3OS/c1-7(6-10(25)12(15,16)13(17,18)14(19,20)21)23-24-11-22-8-4-2-3-5-9(8)26-11/h2-6,23H,1H3,(H,22,24)/b7-6-. The van der Waals surface area contributed by atoms with Gasteiger partial charge in [-0.2, -0.15) is 30.7 Å². The molecule has 0 saturated carbocycles. The Morgan fingerprint density at radius 2 is 1.73 bits per heavy atom. The highest BCUT2D eigenvalue weighted by atomic mass is 32.1. The maximum Gasteiger partial charge on any atom is 0.460 e. The number of carbonyl (C=O) groups excluding carboxylic acids is 1. The highest BCUT2D eigenvalue weighted by molar-refractivity contribution is 7.22. The zero-order valence-electron chi connectivity index (χ0n) is 12.8. The van der Waals surface area contributed by atoms with Gasteiger partial charge in [-0.05, 0) is 19.1 Å². The van der Waals surface area contributed by atoms with E-state index in [2.05, 4.69) is 15.8 Å². The van der Waals surface area contributed by atoms with Gasteiger partial charge in [0.15, 0.2) is 0 Å². The van der Waals surface area contributed by atoms with E-state index in [9.17, 15) is 35.5 Å². The van der Waals surface area contributed by atoms with E-state index in [1.165, 1.54) is 0 Å². The van der Waals surface area contributed by atoms with Crippen molar-refractivity contribution in [3.05, 3.63) is 36.0 Å². The van der Waals surface area contributed by atoms with Crippen LogP contribution in [0.1, 0.15) is 6.92 Å². The molecular weight excluding hydrogens is 391 g/mol. The second-order valence-corrected chi connectivity index (χ2v) is 6.11. The minimum absolute atomic E-state index is 0.0417. The summed E-state index contributed by atoms with van der Waals surface area (Å²) in [6, 6.07) is 6.93. The van der Waals surface area contributed by atoms with E-state index < -0.39 is 29.5 Å². The zero-order valence-corrected chi connectivity index (χ0v) is 13.6. The number of allylic oxidation sites excluding steroid dienone is 2. The van der Waals surface area contributed by atoms with Crippen molar-refractivity contribution in [3.8, 4) is 0 Å². The average Bonchev–Trinajstić information content (AvgIpc) is 2.94. The molecule has 2 aromatic rings. The first kappa shape index (κ1) is 19.9. The van der Waals surface area contributed by atoms with Crippen LogP contribution in [-0.4, -0.2) is 28.8 Å². The molecule has 4 nitrogen and oxygen atoms in total. The van der Waals surface area contributed by atoms with Crippen LogP contribution in [0.15, 0.2) is 36.0 Å². The fraction of sp³-hybridized carbons (Fsp3) is 0.286. The van der Waals surface area contributed by atoms with Crippen LogP contribution in [0.25, 0.3) is 10.2 Å². The summed E-state index contributed by atoms with van der Waals surface area (Å²) in [5.74, 6) is -15.1. The Morgan fingerprint density at radius 3 is 2.31 bits per heavy atom. The lowest BCUT2D eigenvalue weighted by atomic mass is 10.1. The van der Waals surface area contributed by atoms with Crippen LogP contribution in [0.5, 0.6) is 0 Å². The summed E-state index contributed by atoms with van der Waals surface area (Å²) in [6.07, 6.45) is -6.61. The van der Waals surface area contributed by atoms with Crippen LogP contribution in [0.4, 0.5) is 35.9 Å². The summed E-state index contributed by atoms with van der Waals surface area (Å²) in [7, 11) is 0. The van der Waals surface area contributed by atoms with Crippen molar-refractivity contribution >= 4 is 32.5 Å². The van der Waals surface area contributed by atoms with E-state index >= 15 is 0 Å². The van der Waals surface area contributed by atoms with E-state index in [1.807, 2.05) is 0 Å². The molecule has 0 amide bonds. The molecule has 1 heterocycles. The largest absolute Gasteiger partial charge is 0.460 e. The highest BCUT2D eigenvalue weighted by Gasteiger charge is 2.75. The molecule has 1 aromatic heterocycles. The Morgan fingerprint density at radius 1 is 1.12 bits per heavy atom. The van der Waals surface area contributed by atoms with E-state index in [1.54, 1.807) is 24.3 Å². The number of halogens is 7. The van der Waals surface area contributed by atoms with E-state index in [0.717, 1.165) is 23.0 Å². The Kier molecular flexibility index (Phi) is 5.17. The minimum atomic E-state index is -6.57. The molecular formula is C14H10F7N3OS. The maximum atomic E-state index is 13.2. The normalized spacial score (nSPS) is 13.8. The number of hydrogen-bond acceptors (Lipinski definition) is 5. The second kappa shape index (κ2) is 6.74. The van der Waals surface area contributed by atoms with Crippen molar-refractivity contribution in [3.63, 3.8) is 0 Å². The number of alkyl halides is 7. The molecule has 0 bridgehead atoms. The first-order valence-electron chi connectivity index (χ1n) is 6.79. The molecule has 2 N–H and O–H groups in total. The maximum absolute atomic E-state index is 13.2. The second-order valence-electron chi connectivity index (χ2n) is 5.07. The molecule has 0 radical (unpaired) electrons. The van der Waals surface area contributed by atoms with Gasteiger partial charge in [0.05, 0.1) is 10.2 Å². The molecule has 0 aliphatic carbocycles. The van der Waals surface area contributed by atoms with Gasteiger partial charge in [0.1, 0.15) is 0 Å². The molecule has 26 heavy (non-hydrogen) atoms. The summed E-state index contributed by atoms with van der Waals surface area (Å²) in [6.45, 7) is 1.03. The topological polar surface area (TPSA) is 54.0 Å². The number of hydrazine groups is 1. The van der Waals surface area contributed by atoms with Crippen molar-refractivity contribution in [2.45, 2.75) is 24.9 Å². The van der Waals surface area contributed by atoms with Gasteiger partial charge in [-0.15, -0.1) is 0 Å². The monoisotopic (exact) mass is 401 g/mol. The molecule has 12 heteroatoms. The number of aromatic nitrogens is 1. The number of benzene rings is 1. The van der Waals surface area contributed by atoms with Gasteiger partial charge in [0.25, 0.3) is 0 Å². The van der Waals surface area contributed by atoms with Gasteiger partial charge in [0, 0.05) is 11.8 Å². The highest BCUT2D eigenvalue weighted by Crippen LogP contribution is 2.47. The van der Waals surface area contributed by atoms with Gasteiger partial charge >= 0.3 is 18.0 Å². The van der Waals surface area contributed by atoms with E-state index in [-0.39, 0.29) is 11.2 Å². The molecule has 1 aromatic carbocycles. The number of carbonyl (C=O) groups is 1. The third kappa shape index (κ3) is 3.74. The van der Waals surface area contributed by atoms with Crippen LogP contribution in [0, 0.1) is 0 Å². The lowest BCUT2D eigenvalue weighted by Crippen LogP contribution is -2.55. The lowest BCUT2D eigenvalue weighted by Gasteiger charge is -2.26. The number of nitrogens with zero attached hydrogens (tertiary/aromatic N) is 1. The summed E-state index contributed by atoms with van der Waals surface area (Å²) in [4.78, 5) is 15.3. The fourth-order valence-electron chi connectivity index (χ4n) is 1.73. The van der Waals surface area contributed by atoms with Crippen molar-refractivity contribution < 1.29 is 35.5 Å². The number of para-hydroxylation sites is 1. The molecule has 0 spiro atoms. The van der Waals surface area contributed by atoms with Crippen molar-refractivity contribution in [2.75, 3.05) is 5.43 Å². The van der Waals surface area contributed by atoms with Crippen molar-refractivity contribution in [1.29, 1.82) is 0 Å². The molecule has 0 fully saturated rings. The SMILES string of the molecule is C/C(=C/C(=O)C(F)(F)C(F)(F)C(F)(F)F)NNc1nc2ccccc2s1. The number of anilines is 1. The number of hydrogen-bond donors (Lipinski definition) is 2. The first-order valence-corrected chi connectivity index (χ1v) is 7.60. The first-order chi connectivity index (χ1) is 11.9. The third-order valence-corrected chi connectivity index (χ3v) is 4.02. The predicted octanol–water partition coefficient (Wildman–Crippen LogP) is 4.52. The summed E-state index contributed by atoms with van der Waals surface area (Å²) in [5, 5.41) is 0.263. The number of nitrogens with one attached hydrogen (secondary N) is 2. The number of fused-ring (bicyclic) bond motifs is 1. The summed E-state index contributed by atoms with van der Waals surface area (Å²) < 4.78 is 89.0. The van der Waals surface area contributed by atoms with Gasteiger partial charge in [0.2, 0.25) is 10.9 Å². The Balaban J connectivity index is 2.09. The lowest BCUT2D eigenvalue weighted by molar-refractivity contribution is -0.342. The summed E-state index contributed by atoms with van der Waals surface area (Å²) in [5.41, 5.74) is 4.88. The van der Waals surface area contributed by atoms with Gasteiger partial charge in [-0.25, -0.2) is 4.98 Å². The Bertz CT molecular complexity index is 811. The Hall–Kier alpha value is -2.37. The number of thiazole rings is 1. The summed E-state index contributed by atoms with van der Waals surface area (Å²) >= 11 is 1.16.